The molecule has 0 aromatic carbocycles. The fourth-order valence-electron chi connectivity index (χ4n) is 5.72. The number of rotatable bonds is 35. The minimum atomic E-state index is -0.0559. The number of allylic oxidation sites excluding steroid dienone is 3. The first kappa shape index (κ1) is 43.3. The van der Waals surface area contributed by atoms with Crippen molar-refractivity contribution >= 4 is 11.9 Å². The third kappa shape index (κ3) is 30.7. The average Bonchev–Trinajstić information content (AvgIpc) is 3.03. The molecule has 0 aliphatic rings. The molecule has 6 heteroatoms. The number of ether oxygens (including phenoxy) is 2. The second-order valence-corrected chi connectivity index (χ2v) is 12.8. The van der Waals surface area contributed by atoms with Crippen molar-refractivity contribution in [1.82, 2.24) is 4.90 Å². The predicted octanol–water partition coefficient (Wildman–Crippen LogP) is 10.1. The van der Waals surface area contributed by atoms with Crippen LogP contribution < -0.4 is 0 Å². The minimum absolute atomic E-state index is 0.0367. The molecule has 0 bridgehead atoms. The largest absolute Gasteiger partial charge is 0.466 e. The second-order valence-electron chi connectivity index (χ2n) is 12.8. The van der Waals surface area contributed by atoms with E-state index in [0.717, 1.165) is 116 Å². The second kappa shape index (κ2) is 35.2. The minimum Gasteiger partial charge on any atom is -0.466 e. The lowest BCUT2D eigenvalue weighted by Gasteiger charge is -2.21. The summed E-state index contributed by atoms with van der Waals surface area (Å²) >= 11 is 0. The lowest BCUT2D eigenvalue weighted by Crippen LogP contribution is -2.29. The predicted molar refractivity (Wildman–Crippen MR) is 190 cm³/mol. The fourth-order valence-corrected chi connectivity index (χ4v) is 5.72. The number of hydrogen-bond acceptors (Lipinski definition) is 6. The number of hydrogen-bond donors (Lipinski definition) is 1. The summed E-state index contributed by atoms with van der Waals surface area (Å²) in [6.45, 7) is 12.2. The molecular weight excluding hydrogens is 562 g/mol. The van der Waals surface area contributed by atoms with Crippen LogP contribution in [0, 0.1) is 5.92 Å². The molecule has 0 spiro atoms. The number of aliphatic hydroxyl groups is 1. The van der Waals surface area contributed by atoms with Gasteiger partial charge in [0.25, 0.3) is 0 Å². The van der Waals surface area contributed by atoms with Gasteiger partial charge in [-0.1, -0.05) is 115 Å². The Hall–Kier alpha value is -1.66. The number of esters is 2. The number of carbonyl (C=O) groups is 2. The number of nitrogens with zero attached hydrogens (tertiary/aromatic N) is 1. The van der Waals surface area contributed by atoms with Gasteiger partial charge in [0.2, 0.25) is 0 Å². The van der Waals surface area contributed by atoms with Crippen LogP contribution in [0.2, 0.25) is 0 Å². The van der Waals surface area contributed by atoms with Gasteiger partial charge in [0.15, 0.2) is 0 Å². The van der Waals surface area contributed by atoms with Crippen LogP contribution >= 0.6 is 0 Å². The summed E-state index contributed by atoms with van der Waals surface area (Å²) in [4.78, 5) is 26.8. The highest BCUT2D eigenvalue weighted by atomic mass is 16.5. The van der Waals surface area contributed by atoms with Crippen molar-refractivity contribution < 1.29 is 24.2 Å². The van der Waals surface area contributed by atoms with Gasteiger partial charge in [0.05, 0.1) is 25.7 Å². The Morgan fingerprint density at radius 1 is 0.711 bits per heavy atom. The molecule has 0 fully saturated rings. The maximum absolute atomic E-state index is 12.5. The summed E-state index contributed by atoms with van der Waals surface area (Å²) in [5.74, 6) is -0.139. The van der Waals surface area contributed by atoms with Crippen molar-refractivity contribution in [3.63, 3.8) is 0 Å². The molecule has 45 heavy (non-hydrogen) atoms. The van der Waals surface area contributed by atoms with Crippen molar-refractivity contribution in [2.45, 2.75) is 168 Å². The Balaban J connectivity index is 3.75. The van der Waals surface area contributed by atoms with E-state index in [4.69, 9.17) is 9.47 Å². The normalized spacial score (nSPS) is 12.2. The van der Waals surface area contributed by atoms with Crippen molar-refractivity contribution in [3.8, 4) is 0 Å². The zero-order valence-electron chi connectivity index (χ0n) is 29.8. The molecule has 1 unspecified atom stereocenters. The summed E-state index contributed by atoms with van der Waals surface area (Å²) < 4.78 is 11.0. The SMILES string of the molecule is C=CCC(CCCCC/C=C/C)C(=O)OCCCCCCCN(CCO)CCCCCCCC(=O)OCCCCCCCCC. The third-order valence-corrected chi connectivity index (χ3v) is 8.59. The molecule has 6 nitrogen and oxygen atoms in total. The first-order valence-electron chi connectivity index (χ1n) is 19.0. The molecule has 0 amide bonds. The Bertz CT molecular complexity index is 695. The van der Waals surface area contributed by atoms with Crippen molar-refractivity contribution in [2.24, 2.45) is 5.92 Å². The van der Waals surface area contributed by atoms with E-state index in [0.29, 0.717) is 26.1 Å². The molecule has 0 radical (unpaired) electrons. The lowest BCUT2D eigenvalue weighted by molar-refractivity contribution is -0.149. The lowest BCUT2D eigenvalue weighted by atomic mass is 9.97. The van der Waals surface area contributed by atoms with Crippen molar-refractivity contribution in [1.29, 1.82) is 0 Å². The molecule has 0 aromatic heterocycles. The Morgan fingerprint density at radius 2 is 1.27 bits per heavy atom. The molecule has 0 saturated carbocycles. The monoisotopic (exact) mass is 636 g/mol. The maximum Gasteiger partial charge on any atom is 0.309 e. The highest BCUT2D eigenvalue weighted by Crippen LogP contribution is 2.18. The summed E-state index contributed by atoms with van der Waals surface area (Å²) in [6, 6.07) is 0. The molecule has 0 rings (SSSR count). The van der Waals surface area contributed by atoms with E-state index in [2.05, 4.69) is 37.5 Å². The first-order chi connectivity index (χ1) is 22.1. The van der Waals surface area contributed by atoms with Crippen molar-refractivity contribution in [2.75, 3.05) is 39.5 Å². The van der Waals surface area contributed by atoms with Gasteiger partial charge in [-0.2, -0.15) is 0 Å². The molecule has 0 aromatic rings. The van der Waals surface area contributed by atoms with E-state index < -0.39 is 0 Å². The molecule has 0 aliphatic carbocycles. The Morgan fingerprint density at radius 3 is 1.87 bits per heavy atom. The van der Waals surface area contributed by atoms with E-state index >= 15 is 0 Å². The molecule has 1 atom stereocenters. The molecule has 264 valence electrons. The van der Waals surface area contributed by atoms with Crippen LogP contribution in [0.5, 0.6) is 0 Å². The van der Waals surface area contributed by atoms with Crippen LogP contribution in [0.1, 0.15) is 168 Å². The third-order valence-electron chi connectivity index (χ3n) is 8.59. The van der Waals surface area contributed by atoms with E-state index in [-0.39, 0.29) is 24.5 Å². The summed E-state index contributed by atoms with van der Waals surface area (Å²) in [5, 5.41) is 9.47. The highest BCUT2D eigenvalue weighted by Gasteiger charge is 2.18. The highest BCUT2D eigenvalue weighted by molar-refractivity contribution is 5.72. The molecule has 0 heterocycles. The van der Waals surface area contributed by atoms with Gasteiger partial charge in [-0.3, -0.25) is 9.59 Å². The van der Waals surface area contributed by atoms with Gasteiger partial charge in [0.1, 0.15) is 0 Å². The van der Waals surface area contributed by atoms with Crippen LogP contribution in [0.25, 0.3) is 0 Å². The van der Waals surface area contributed by atoms with Gasteiger partial charge in [-0.05, 0) is 77.8 Å². The maximum atomic E-state index is 12.5. The fraction of sp³-hybridized carbons (Fsp3) is 0.846. The number of unbranched alkanes of at least 4 members (excludes halogenated alkanes) is 17. The first-order valence-corrected chi connectivity index (χ1v) is 19.0. The van der Waals surface area contributed by atoms with Gasteiger partial charge in [-0.25, -0.2) is 0 Å². The van der Waals surface area contributed by atoms with Crippen molar-refractivity contribution in [3.05, 3.63) is 24.8 Å². The van der Waals surface area contributed by atoms with Crippen LogP contribution in [0.4, 0.5) is 0 Å². The van der Waals surface area contributed by atoms with E-state index in [9.17, 15) is 14.7 Å². The zero-order chi connectivity index (χ0) is 33.1. The van der Waals surface area contributed by atoms with Crippen LogP contribution in [0.3, 0.4) is 0 Å². The van der Waals surface area contributed by atoms with E-state index in [1.165, 1.54) is 44.9 Å². The van der Waals surface area contributed by atoms with Gasteiger partial charge in [-0.15, -0.1) is 6.58 Å². The van der Waals surface area contributed by atoms with Crippen LogP contribution in [-0.2, 0) is 19.1 Å². The van der Waals surface area contributed by atoms with Gasteiger partial charge >= 0.3 is 11.9 Å². The smallest absolute Gasteiger partial charge is 0.309 e. The molecule has 0 aliphatic heterocycles. The Kier molecular flexibility index (Phi) is 33.9. The molecular formula is C39H73NO5. The Labute approximate surface area is 278 Å². The summed E-state index contributed by atoms with van der Waals surface area (Å²) in [6.07, 6.45) is 32.3. The quantitative estimate of drug-likeness (QED) is 0.0424. The number of aliphatic hydroxyl groups excluding tert-OH is 1. The van der Waals surface area contributed by atoms with E-state index in [1.54, 1.807) is 0 Å². The van der Waals surface area contributed by atoms with Gasteiger partial charge < -0.3 is 19.5 Å². The van der Waals surface area contributed by atoms with E-state index in [1.807, 2.05) is 6.08 Å². The zero-order valence-corrected chi connectivity index (χ0v) is 29.8. The standard InChI is InChI=1S/C39H73NO5/c1-4-7-9-11-13-20-26-35-44-38(42)30-23-17-14-18-24-31-40(33-34-41)32-25-19-15-21-27-36-45-39(43)37(28-6-3)29-22-16-12-10-8-5-2/h5-6,8,37,41H,3-4,7,9-36H2,1-2H3/b8-5+. The topological polar surface area (TPSA) is 76.1 Å². The molecule has 1 N–H and O–H groups in total. The van der Waals surface area contributed by atoms with Gasteiger partial charge in [0, 0.05) is 13.0 Å². The average molecular weight is 636 g/mol. The number of carbonyl (C=O) groups excluding carboxylic acids is 2. The van der Waals surface area contributed by atoms with Crippen LogP contribution in [0.15, 0.2) is 24.8 Å². The summed E-state index contributed by atoms with van der Waals surface area (Å²) in [7, 11) is 0. The molecule has 0 saturated heterocycles. The van der Waals surface area contributed by atoms with Crippen LogP contribution in [-0.4, -0.2) is 61.4 Å². The summed E-state index contributed by atoms with van der Waals surface area (Å²) in [5.41, 5.74) is 0.